The molecule has 4 heteroatoms. The molecular weight excluding hydrogens is 226 g/mol. The third-order valence-corrected chi connectivity index (χ3v) is 3.16. The van der Waals surface area contributed by atoms with E-state index in [4.69, 9.17) is 16.3 Å². The van der Waals surface area contributed by atoms with Crippen LogP contribution in [0.4, 0.5) is 0 Å². The van der Waals surface area contributed by atoms with Gasteiger partial charge >= 0.3 is 0 Å². The number of aliphatic hydroxyl groups is 1. The van der Waals surface area contributed by atoms with E-state index in [9.17, 15) is 5.11 Å². The first-order valence-corrected chi connectivity index (χ1v) is 5.84. The van der Waals surface area contributed by atoms with Crippen LogP contribution in [-0.4, -0.2) is 31.5 Å². The number of nitrogens with one attached hydrogen (secondary N) is 1. The summed E-state index contributed by atoms with van der Waals surface area (Å²) in [5, 5.41) is 13.7. The molecule has 1 fully saturated rings. The Hall–Kier alpha value is -0.610. The number of ether oxygens (including phenoxy) is 1. The van der Waals surface area contributed by atoms with Crippen molar-refractivity contribution in [2.75, 3.05) is 26.4 Å². The average molecular weight is 242 g/mol. The van der Waals surface area contributed by atoms with Crippen molar-refractivity contribution in [1.29, 1.82) is 0 Å². The lowest BCUT2D eigenvalue weighted by atomic mass is 9.91. The van der Waals surface area contributed by atoms with Gasteiger partial charge < -0.3 is 15.2 Å². The Morgan fingerprint density at radius 1 is 1.50 bits per heavy atom. The van der Waals surface area contributed by atoms with E-state index in [0.29, 0.717) is 11.6 Å². The van der Waals surface area contributed by atoms with Crippen LogP contribution in [0.2, 0.25) is 5.02 Å². The fraction of sp³-hybridized carbons (Fsp3) is 0.500. The van der Waals surface area contributed by atoms with Crippen LogP contribution in [-0.2, 0) is 10.3 Å². The van der Waals surface area contributed by atoms with Gasteiger partial charge in [0.2, 0.25) is 0 Å². The predicted molar refractivity (Wildman–Crippen MR) is 63.7 cm³/mol. The summed E-state index contributed by atoms with van der Waals surface area (Å²) in [7, 11) is 0. The number of aliphatic hydroxyl groups excluding tert-OH is 1. The van der Waals surface area contributed by atoms with Crippen LogP contribution in [0.3, 0.4) is 0 Å². The van der Waals surface area contributed by atoms with Gasteiger partial charge in [-0.05, 0) is 30.7 Å². The minimum Gasteiger partial charge on any atom is -0.394 e. The molecule has 16 heavy (non-hydrogen) atoms. The number of halogens is 1. The lowest BCUT2D eigenvalue weighted by molar-refractivity contribution is 0.0551. The number of rotatable bonds is 2. The summed E-state index contributed by atoms with van der Waals surface area (Å²) in [6.07, 6.45) is 0.961. The van der Waals surface area contributed by atoms with Gasteiger partial charge in [-0.1, -0.05) is 23.7 Å². The fourth-order valence-corrected chi connectivity index (χ4v) is 2.15. The Morgan fingerprint density at radius 3 is 3.12 bits per heavy atom. The van der Waals surface area contributed by atoms with Crippen molar-refractivity contribution in [3.05, 3.63) is 34.9 Å². The van der Waals surface area contributed by atoms with Crippen LogP contribution < -0.4 is 5.32 Å². The van der Waals surface area contributed by atoms with Gasteiger partial charge in [0.15, 0.2) is 0 Å². The Morgan fingerprint density at radius 2 is 2.38 bits per heavy atom. The molecule has 1 aromatic rings. The van der Waals surface area contributed by atoms with E-state index in [0.717, 1.165) is 25.1 Å². The second-order valence-corrected chi connectivity index (χ2v) is 4.52. The Kier molecular flexibility index (Phi) is 3.82. The van der Waals surface area contributed by atoms with Gasteiger partial charge in [0.1, 0.15) is 0 Å². The Labute approximate surface area is 100 Å². The standard InChI is InChI=1S/C12H16ClNO2/c13-11-4-1-3-10(7-11)12(8-15)9-16-6-2-5-14-12/h1,3-4,7,14-15H,2,5-6,8-9H2. The highest BCUT2D eigenvalue weighted by Crippen LogP contribution is 2.25. The average Bonchev–Trinajstić information content (AvgIpc) is 2.55. The summed E-state index contributed by atoms with van der Waals surface area (Å²) in [6.45, 7) is 2.06. The summed E-state index contributed by atoms with van der Waals surface area (Å²) in [6, 6.07) is 7.55. The highest BCUT2D eigenvalue weighted by atomic mass is 35.5. The van der Waals surface area contributed by atoms with E-state index in [1.165, 1.54) is 0 Å². The van der Waals surface area contributed by atoms with Gasteiger partial charge in [-0.2, -0.15) is 0 Å². The second kappa shape index (κ2) is 5.15. The first-order valence-electron chi connectivity index (χ1n) is 5.46. The van der Waals surface area contributed by atoms with E-state index in [2.05, 4.69) is 5.32 Å². The van der Waals surface area contributed by atoms with Crippen molar-refractivity contribution in [1.82, 2.24) is 5.32 Å². The molecule has 1 heterocycles. The zero-order valence-electron chi connectivity index (χ0n) is 9.08. The predicted octanol–water partition coefficient (Wildman–Crippen LogP) is 1.54. The third-order valence-electron chi connectivity index (χ3n) is 2.92. The highest BCUT2D eigenvalue weighted by molar-refractivity contribution is 6.30. The van der Waals surface area contributed by atoms with Crippen molar-refractivity contribution in [3.8, 4) is 0 Å². The molecule has 1 atom stereocenters. The summed E-state index contributed by atoms with van der Waals surface area (Å²) in [5.41, 5.74) is 0.464. The molecule has 3 nitrogen and oxygen atoms in total. The molecule has 0 aromatic heterocycles. The molecule has 1 unspecified atom stereocenters. The molecule has 1 aliphatic rings. The molecule has 0 saturated carbocycles. The maximum absolute atomic E-state index is 9.63. The van der Waals surface area contributed by atoms with Crippen molar-refractivity contribution in [2.45, 2.75) is 12.0 Å². The lowest BCUT2D eigenvalue weighted by Crippen LogP contribution is -2.48. The molecule has 1 aliphatic heterocycles. The number of benzene rings is 1. The maximum Gasteiger partial charge on any atom is 0.0906 e. The third kappa shape index (κ3) is 2.38. The zero-order valence-corrected chi connectivity index (χ0v) is 9.83. The quantitative estimate of drug-likeness (QED) is 0.825. The van der Waals surface area contributed by atoms with Crippen molar-refractivity contribution in [3.63, 3.8) is 0 Å². The molecule has 0 aliphatic carbocycles. The molecule has 2 rings (SSSR count). The normalized spacial score (nSPS) is 26.4. The van der Waals surface area contributed by atoms with Crippen LogP contribution >= 0.6 is 11.6 Å². The van der Waals surface area contributed by atoms with Crippen molar-refractivity contribution >= 4 is 11.6 Å². The van der Waals surface area contributed by atoms with Crippen LogP contribution in [0, 0.1) is 0 Å². The van der Waals surface area contributed by atoms with Crippen LogP contribution in [0.25, 0.3) is 0 Å². The molecule has 88 valence electrons. The highest BCUT2D eigenvalue weighted by Gasteiger charge is 2.32. The Bertz CT molecular complexity index is 349. The molecule has 2 N–H and O–H groups in total. The Balaban J connectivity index is 2.31. The summed E-state index contributed by atoms with van der Waals surface area (Å²) in [4.78, 5) is 0. The maximum atomic E-state index is 9.63. The van der Waals surface area contributed by atoms with Gasteiger partial charge in [0.05, 0.1) is 18.8 Å². The van der Waals surface area contributed by atoms with E-state index >= 15 is 0 Å². The van der Waals surface area contributed by atoms with Gasteiger partial charge in [-0.3, -0.25) is 0 Å². The molecule has 1 saturated heterocycles. The fourth-order valence-electron chi connectivity index (χ4n) is 1.96. The topological polar surface area (TPSA) is 41.5 Å². The van der Waals surface area contributed by atoms with E-state index in [-0.39, 0.29) is 6.61 Å². The van der Waals surface area contributed by atoms with Crippen molar-refractivity contribution < 1.29 is 9.84 Å². The van der Waals surface area contributed by atoms with E-state index in [1.54, 1.807) is 0 Å². The summed E-state index contributed by atoms with van der Waals surface area (Å²) >= 11 is 5.97. The van der Waals surface area contributed by atoms with Gasteiger partial charge in [-0.15, -0.1) is 0 Å². The van der Waals surface area contributed by atoms with Crippen LogP contribution in [0.1, 0.15) is 12.0 Å². The van der Waals surface area contributed by atoms with Crippen molar-refractivity contribution in [2.24, 2.45) is 0 Å². The summed E-state index contributed by atoms with van der Waals surface area (Å²) < 4.78 is 5.53. The molecule has 0 radical (unpaired) electrons. The molecular formula is C12H16ClNO2. The first-order chi connectivity index (χ1) is 7.77. The van der Waals surface area contributed by atoms with Crippen LogP contribution in [0.5, 0.6) is 0 Å². The minimum absolute atomic E-state index is 0.00728. The molecule has 0 spiro atoms. The van der Waals surface area contributed by atoms with Crippen LogP contribution in [0.15, 0.2) is 24.3 Å². The number of hydrogen-bond acceptors (Lipinski definition) is 3. The zero-order chi connectivity index (χ0) is 11.4. The van der Waals surface area contributed by atoms with Gasteiger partial charge in [0.25, 0.3) is 0 Å². The van der Waals surface area contributed by atoms with E-state index < -0.39 is 5.54 Å². The monoisotopic (exact) mass is 241 g/mol. The molecule has 0 bridgehead atoms. The summed E-state index contributed by atoms with van der Waals surface area (Å²) in [5.74, 6) is 0. The second-order valence-electron chi connectivity index (χ2n) is 4.08. The smallest absolute Gasteiger partial charge is 0.0906 e. The van der Waals surface area contributed by atoms with E-state index in [1.807, 2.05) is 24.3 Å². The lowest BCUT2D eigenvalue weighted by Gasteiger charge is -2.31. The van der Waals surface area contributed by atoms with Gasteiger partial charge in [-0.25, -0.2) is 0 Å². The minimum atomic E-state index is -0.512. The van der Waals surface area contributed by atoms with Gasteiger partial charge in [0, 0.05) is 11.6 Å². The molecule has 0 amide bonds. The largest absolute Gasteiger partial charge is 0.394 e. The SMILES string of the molecule is OCC1(c2cccc(Cl)c2)COCCCN1. The first kappa shape index (κ1) is 11.9. The number of hydrogen-bond donors (Lipinski definition) is 2. The molecule has 1 aromatic carbocycles.